The van der Waals surface area contributed by atoms with Gasteiger partial charge in [0.1, 0.15) is 6.54 Å². The van der Waals surface area contributed by atoms with Crippen LogP contribution in [0.2, 0.25) is 10.0 Å². The van der Waals surface area contributed by atoms with E-state index in [1.54, 1.807) is 23.1 Å². The normalized spacial score (nSPS) is 11.6. The summed E-state index contributed by atoms with van der Waals surface area (Å²) in [6.07, 6.45) is -0.595. The summed E-state index contributed by atoms with van der Waals surface area (Å²) >= 11 is 12.3. The van der Waals surface area contributed by atoms with E-state index in [1.165, 1.54) is 4.90 Å². The minimum Gasteiger partial charge on any atom is -0.361 e. The van der Waals surface area contributed by atoms with Gasteiger partial charge in [-0.05, 0) is 66.4 Å². The van der Waals surface area contributed by atoms with E-state index in [4.69, 9.17) is 23.2 Å². The molecule has 0 fully saturated rings. The van der Waals surface area contributed by atoms with Crippen LogP contribution in [-0.2, 0) is 23.9 Å². The predicted molar refractivity (Wildman–Crippen MR) is 156 cm³/mol. The monoisotopic (exact) mass is 603 g/mol. The molecule has 216 valence electrons. The number of H-pyrrole nitrogens is 1. The van der Waals surface area contributed by atoms with Crippen LogP contribution < -0.4 is 0 Å². The summed E-state index contributed by atoms with van der Waals surface area (Å²) in [5.41, 5.74) is 2.09. The number of unbranched alkanes of at least 4 members (excludes halogenated alkanes) is 1. The largest absolute Gasteiger partial charge is 0.416 e. The number of aromatic nitrogens is 1. The van der Waals surface area contributed by atoms with Crippen molar-refractivity contribution in [2.45, 2.75) is 38.9 Å². The quantitative estimate of drug-likeness (QED) is 0.189. The van der Waals surface area contributed by atoms with Crippen LogP contribution in [0.4, 0.5) is 13.2 Å². The molecule has 0 saturated carbocycles. The van der Waals surface area contributed by atoms with E-state index in [2.05, 4.69) is 4.98 Å². The second kappa shape index (κ2) is 13.4. The summed E-state index contributed by atoms with van der Waals surface area (Å²) in [6.45, 7) is 2.66. The van der Waals surface area contributed by atoms with Crippen molar-refractivity contribution in [3.63, 3.8) is 0 Å². The second-order valence-electron chi connectivity index (χ2n) is 9.83. The topological polar surface area (TPSA) is 56.4 Å². The molecule has 41 heavy (non-hydrogen) atoms. The van der Waals surface area contributed by atoms with E-state index >= 15 is 0 Å². The molecule has 2 amide bonds. The molecule has 0 saturated heterocycles. The number of hydrogen-bond acceptors (Lipinski definition) is 2. The summed E-state index contributed by atoms with van der Waals surface area (Å²) < 4.78 is 39.1. The van der Waals surface area contributed by atoms with E-state index in [0.29, 0.717) is 36.0 Å². The molecule has 10 heteroatoms. The fourth-order valence-electron chi connectivity index (χ4n) is 4.59. The Kier molecular flexibility index (Phi) is 9.99. The van der Waals surface area contributed by atoms with Crippen molar-refractivity contribution in [2.24, 2.45) is 0 Å². The smallest absolute Gasteiger partial charge is 0.361 e. The number of nitrogens with one attached hydrogen (secondary N) is 1. The summed E-state index contributed by atoms with van der Waals surface area (Å²) in [6, 6.07) is 17.1. The third kappa shape index (κ3) is 7.83. The molecule has 0 unspecified atom stereocenters. The highest BCUT2D eigenvalue weighted by molar-refractivity contribution is 6.42. The third-order valence-corrected chi connectivity index (χ3v) is 7.63. The number of aromatic amines is 1. The number of halogens is 5. The van der Waals surface area contributed by atoms with E-state index in [9.17, 15) is 22.8 Å². The van der Waals surface area contributed by atoms with Gasteiger partial charge >= 0.3 is 6.18 Å². The molecule has 1 aromatic heterocycles. The lowest BCUT2D eigenvalue weighted by atomic mass is 10.1. The summed E-state index contributed by atoms with van der Waals surface area (Å²) in [4.78, 5) is 33.4. The molecular weight excluding hydrogens is 574 g/mol. The molecule has 3 aromatic carbocycles. The maximum atomic E-state index is 13.7. The Morgan fingerprint density at radius 3 is 2.32 bits per heavy atom. The number of carbonyl (C=O) groups excluding carboxylic acids is 2. The number of para-hydroxylation sites is 1. The van der Waals surface area contributed by atoms with Crippen LogP contribution in [-0.4, -0.2) is 46.2 Å². The van der Waals surface area contributed by atoms with Gasteiger partial charge < -0.3 is 14.8 Å². The minimum atomic E-state index is -4.50. The molecule has 4 aromatic rings. The van der Waals surface area contributed by atoms with Crippen LogP contribution in [0.5, 0.6) is 0 Å². The van der Waals surface area contributed by atoms with Crippen LogP contribution in [0.3, 0.4) is 0 Å². The maximum absolute atomic E-state index is 13.7. The van der Waals surface area contributed by atoms with Gasteiger partial charge in [0.25, 0.3) is 5.91 Å². The lowest BCUT2D eigenvalue weighted by Crippen LogP contribution is -2.43. The van der Waals surface area contributed by atoms with Crippen molar-refractivity contribution in [2.75, 3.05) is 19.6 Å². The molecule has 0 spiro atoms. The second-order valence-corrected chi connectivity index (χ2v) is 10.6. The van der Waals surface area contributed by atoms with E-state index < -0.39 is 17.6 Å². The van der Waals surface area contributed by atoms with Crippen LogP contribution in [0.25, 0.3) is 10.9 Å². The first-order chi connectivity index (χ1) is 19.6. The number of benzene rings is 3. The van der Waals surface area contributed by atoms with Gasteiger partial charge in [-0.1, -0.05) is 60.8 Å². The molecule has 1 N–H and O–H groups in total. The highest BCUT2D eigenvalue weighted by Crippen LogP contribution is 2.29. The first-order valence-corrected chi connectivity index (χ1v) is 14.1. The van der Waals surface area contributed by atoms with Gasteiger partial charge in [0.2, 0.25) is 5.91 Å². The van der Waals surface area contributed by atoms with Gasteiger partial charge in [0, 0.05) is 42.3 Å². The van der Waals surface area contributed by atoms with Crippen molar-refractivity contribution in [1.82, 2.24) is 14.8 Å². The lowest BCUT2D eigenvalue weighted by molar-refractivity contribution is -0.137. The van der Waals surface area contributed by atoms with Gasteiger partial charge in [0.15, 0.2) is 0 Å². The molecule has 0 radical (unpaired) electrons. The molecule has 1 heterocycles. The molecule has 0 aliphatic rings. The zero-order valence-corrected chi connectivity index (χ0v) is 24.0. The lowest BCUT2D eigenvalue weighted by Gasteiger charge is -2.28. The van der Waals surface area contributed by atoms with Gasteiger partial charge in [-0.25, -0.2) is 0 Å². The first kappa shape index (κ1) is 30.5. The Morgan fingerprint density at radius 1 is 0.902 bits per heavy atom. The van der Waals surface area contributed by atoms with E-state index in [0.717, 1.165) is 52.7 Å². The SMILES string of the molecule is CCCCN(CC(=O)N(CCc1c[nH]c2ccccc12)Cc1ccc(Cl)c(Cl)c1)C(=O)c1ccc(C(F)(F)F)cc1. The number of nitrogens with zero attached hydrogens (tertiary/aromatic N) is 2. The van der Waals surface area contributed by atoms with Crippen LogP contribution in [0.15, 0.2) is 72.9 Å². The molecule has 0 bridgehead atoms. The minimum absolute atomic E-state index is 0.0942. The van der Waals surface area contributed by atoms with Crippen LogP contribution in [0.1, 0.15) is 46.8 Å². The summed E-state index contributed by atoms with van der Waals surface area (Å²) in [5.74, 6) is -0.779. The number of rotatable bonds is 11. The standard InChI is InChI=1S/C31H30Cl2F3N3O2/c1-2-3-15-39(30(41)22-9-11-24(12-10-22)31(34,35)36)20-29(40)38(19-21-8-13-26(32)27(33)17-21)16-14-23-18-37-28-7-5-4-6-25(23)28/h4-13,17-18,37H,2-3,14-16,19-20H2,1H3. The van der Waals surface area contributed by atoms with Gasteiger partial charge in [-0.15, -0.1) is 0 Å². The Hall–Kier alpha value is -3.49. The zero-order valence-electron chi connectivity index (χ0n) is 22.5. The fraction of sp³-hybridized carbons (Fsp3) is 0.290. The number of alkyl halides is 3. The molecule has 0 aliphatic heterocycles. The highest BCUT2D eigenvalue weighted by atomic mass is 35.5. The average molecular weight is 605 g/mol. The van der Waals surface area contributed by atoms with Crippen LogP contribution in [0, 0.1) is 0 Å². The van der Waals surface area contributed by atoms with Crippen molar-refractivity contribution >= 4 is 45.9 Å². The van der Waals surface area contributed by atoms with Crippen LogP contribution >= 0.6 is 23.2 Å². The Bertz CT molecular complexity index is 1500. The van der Waals surface area contributed by atoms with Crippen molar-refractivity contribution in [3.05, 3.63) is 105 Å². The van der Waals surface area contributed by atoms with Gasteiger partial charge in [-0.3, -0.25) is 9.59 Å². The molecule has 0 atom stereocenters. The number of hydrogen-bond donors (Lipinski definition) is 1. The zero-order chi connectivity index (χ0) is 29.6. The highest BCUT2D eigenvalue weighted by Gasteiger charge is 2.31. The molecule has 0 aliphatic carbocycles. The fourth-order valence-corrected chi connectivity index (χ4v) is 4.91. The average Bonchev–Trinajstić information content (AvgIpc) is 3.37. The maximum Gasteiger partial charge on any atom is 0.416 e. The van der Waals surface area contributed by atoms with Gasteiger partial charge in [-0.2, -0.15) is 13.2 Å². The molecule has 4 rings (SSSR count). The summed E-state index contributed by atoms with van der Waals surface area (Å²) in [5, 5.41) is 1.84. The Labute approximate surface area is 246 Å². The Balaban J connectivity index is 1.56. The van der Waals surface area contributed by atoms with E-state index in [1.807, 2.05) is 37.4 Å². The van der Waals surface area contributed by atoms with Gasteiger partial charge in [0.05, 0.1) is 15.6 Å². The predicted octanol–water partition coefficient (Wildman–Crippen LogP) is 8.01. The van der Waals surface area contributed by atoms with E-state index in [-0.39, 0.29) is 24.6 Å². The molecular formula is C31H30Cl2F3N3O2. The number of amides is 2. The third-order valence-electron chi connectivity index (χ3n) is 6.89. The molecule has 5 nitrogen and oxygen atoms in total. The number of carbonyl (C=O) groups is 2. The first-order valence-electron chi connectivity index (χ1n) is 13.3. The summed E-state index contributed by atoms with van der Waals surface area (Å²) in [7, 11) is 0. The van der Waals surface area contributed by atoms with Crippen molar-refractivity contribution < 1.29 is 22.8 Å². The number of fused-ring (bicyclic) bond motifs is 1. The Morgan fingerprint density at radius 2 is 1.63 bits per heavy atom. The van der Waals surface area contributed by atoms with Crippen molar-refractivity contribution in [1.29, 1.82) is 0 Å². The van der Waals surface area contributed by atoms with Crippen molar-refractivity contribution in [3.8, 4) is 0 Å².